The van der Waals surface area contributed by atoms with E-state index in [1.54, 1.807) is 6.07 Å². The number of benzene rings is 3. The Bertz CT molecular complexity index is 1050. The zero-order valence-electron chi connectivity index (χ0n) is 16.3. The van der Waals surface area contributed by atoms with Crippen molar-refractivity contribution in [2.24, 2.45) is 0 Å². The van der Waals surface area contributed by atoms with Crippen LogP contribution in [0.4, 0.5) is 5.69 Å². The zero-order valence-corrected chi connectivity index (χ0v) is 17.9. The topological polar surface area (TPSA) is 58.6 Å². The second-order valence-corrected chi connectivity index (χ2v) is 8.00. The van der Waals surface area contributed by atoms with Crippen LogP contribution in [0.25, 0.3) is 0 Å². The first-order valence-electron chi connectivity index (χ1n) is 9.73. The Hall–Kier alpha value is -3.12. The molecule has 0 aromatic heterocycles. The second-order valence-electron chi connectivity index (χ2n) is 7.09. The van der Waals surface area contributed by atoms with Crippen LogP contribution in [0.2, 0.25) is 0 Å². The fraction of sp³-hybridized carbons (Fsp3) is 0.167. The standard InChI is InChI=1S/C24H21BrN2O3/c25-18-9-11-19(12-10-18)26-23(28)16-30-22-8-4-7-21-20(22)13-14-27(24(21)29)15-17-5-2-1-3-6-17/h1-12H,13-16H2,(H,26,28). The summed E-state index contributed by atoms with van der Waals surface area (Å²) in [5, 5.41) is 2.80. The van der Waals surface area contributed by atoms with Crippen molar-refractivity contribution in [3.8, 4) is 5.75 Å². The molecule has 0 saturated heterocycles. The summed E-state index contributed by atoms with van der Waals surface area (Å²) in [4.78, 5) is 27.1. The molecule has 0 spiro atoms. The van der Waals surface area contributed by atoms with Gasteiger partial charge in [-0.15, -0.1) is 0 Å². The molecule has 6 heteroatoms. The summed E-state index contributed by atoms with van der Waals surface area (Å²) in [6, 6.07) is 22.7. The molecule has 4 rings (SSSR count). The van der Waals surface area contributed by atoms with Gasteiger partial charge in [0.1, 0.15) is 5.75 Å². The van der Waals surface area contributed by atoms with Gasteiger partial charge in [-0.05, 0) is 48.4 Å². The third kappa shape index (κ3) is 4.71. The molecule has 30 heavy (non-hydrogen) atoms. The average Bonchev–Trinajstić information content (AvgIpc) is 2.77. The number of anilines is 1. The molecule has 0 atom stereocenters. The fourth-order valence-corrected chi connectivity index (χ4v) is 3.77. The summed E-state index contributed by atoms with van der Waals surface area (Å²) in [6.45, 7) is 1.08. The summed E-state index contributed by atoms with van der Waals surface area (Å²) < 4.78 is 6.72. The van der Waals surface area contributed by atoms with Gasteiger partial charge in [-0.25, -0.2) is 0 Å². The number of halogens is 1. The van der Waals surface area contributed by atoms with Crippen molar-refractivity contribution >= 4 is 33.4 Å². The van der Waals surface area contributed by atoms with Crippen LogP contribution in [0.3, 0.4) is 0 Å². The maximum atomic E-state index is 13.0. The molecule has 3 aromatic carbocycles. The highest BCUT2D eigenvalue weighted by molar-refractivity contribution is 9.10. The number of carbonyl (C=O) groups is 2. The summed E-state index contributed by atoms with van der Waals surface area (Å²) in [5.41, 5.74) is 3.31. The van der Waals surface area contributed by atoms with E-state index in [0.29, 0.717) is 36.5 Å². The molecule has 1 N–H and O–H groups in total. The first kappa shape index (κ1) is 20.2. The Labute approximate surface area is 183 Å². The smallest absolute Gasteiger partial charge is 0.262 e. The van der Waals surface area contributed by atoms with Gasteiger partial charge in [0.2, 0.25) is 0 Å². The van der Waals surface area contributed by atoms with Crippen molar-refractivity contribution in [2.75, 3.05) is 18.5 Å². The first-order chi connectivity index (χ1) is 14.6. The molecule has 2 amide bonds. The molecule has 1 heterocycles. The van der Waals surface area contributed by atoms with Gasteiger partial charge < -0.3 is 15.0 Å². The lowest BCUT2D eigenvalue weighted by Gasteiger charge is -2.29. The SMILES string of the molecule is O=C(COc1cccc2c1CCN(Cc1ccccc1)C2=O)Nc1ccc(Br)cc1. The molecule has 0 bridgehead atoms. The summed E-state index contributed by atoms with van der Waals surface area (Å²) >= 11 is 3.37. The molecule has 0 unspecified atom stereocenters. The lowest BCUT2D eigenvalue weighted by molar-refractivity contribution is -0.118. The average molecular weight is 465 g/mol. The third-order valence-corrected chi connectivity index (χ3v) is 5.51. The quantitative estimate of drug-likeness (QED) is 0.576. The van der Waals surface area contributed by atoms with E-state index in [9.17, 15) is 9.59 Å². The van der Waals surface area contributed by atoms with Crippen molar-refractivity contribution in [3.05, 3.63) is 94.0 Å². The number of nitrogens with zero attached hydrogens (tertiary/aromatic N) is 1. The maximum absolute atomic E-state index is 13.0. The van der Waals surface area contributed by atoms with E-state index >= 15 is 0 Å². The van der Waals surface area contributed by atoms with Crippen molar-refractivity contribution in [1.82, 2.24) is 4.90 Å². The van der Waals surface area contributed by atoms with Gasteiger partial charge in [0.25, 0.3) is 11.8 Å². The van der Waals surface area contributed by atoms with Gasteiger partial charge >= 0.3 is 0 Å². The lowest BCUT2D eigenvalue weighted by atomic mass is 9.97. The molecule has 1 aliphatic rings. The van der Waals surface area contributed by atoms with Gasteiger partial charge in [-0.1, -0.05) is 52.3 Å². The Kier molecular flexibility index (Phi) is 6.14. The van der Waals surface area contributed by atoms with Crippen LogP contribution in [0.15, 0.2) is 77.3 Å². The highest BCUT2D eigenvalue weighted by atomic mass is 79.9. The van der Waals surface area contributed by atoms with Crippen LogP contribution in [0.1, 0.15) is 21.5 Å². The van der Waals surface area contributed by atoms with Crippen LogP contribution in [0, 0.1) is 0 Å². The lowest BCUT2D eigenvalue weighted by Crippen LogP contribution is -2.37. The second kappa shape index (κ2) is 9.13. The monoisotopic (exact) mass is 464 g/mol. The minimum atomic E-state index is -0.247. The Morgan fingerprint density at radius 3 is 2.53 bits per heavy atom. The van der Waals surface area contributed by atoms with Crippen LogP contribution in [0.5, 0.6) is 5.75 Å². The highest BCUT2D eigenvalue weighted by Gasteiger charge is 2.26. The predicted octanol–water partition coefficient (Wildman–Crippen LogP) is 4.67. The van der Waals surface area contributed by atoms with Crippen molar-refractivity contribution in [2.45, 2.75) is 13.0 Å². The van der Waals surface area contributed by atoms with Gasteiger partial charge in [0.05, 0.1) is 0 Å². The van der Waals surface area contributed by atoms with Crippen LogP contribution >= 0.6 is 15.9 Å². The van der Waals surface area contributed by atoms with E-state index < -0.39 is 0 Å². The number of fused-ring (bicyclic) bond motifs is 1. The summed E-state index contributed by atoms with van der Waals surface area (Å²) in [5.74, 6) is 0.332. The summed E-state index contributed by atoms with van der Waals surface area (Å²) in [7, 11) is 0. The molecule has 5 nitrogen and oxygen atoms in total. The molecule has 0 saturated carbocycles. The van der Waals surface area contributed by atoms with Gasteiger partial charge in [-0.3, -0.25) is 9.59 Å². The van der Waals surface area contributed by atoms with E-state index in [2.05, 4.69) is 21.2 Å². The molecule has 0 fully saturated rings. The number of carbonyl (C=O) groups excluding carboxylic acids is 2. The molecule has 3 aromatic rings. The normalized spacial score (nSPS) is 13.0. The molecular weight excluding hydrogens is 444 g/mol. The molecule has 0 aliphatic carbocycles. The van der Waals surface area contributed by atoms with E-state index in [1.807, 2.05) is 71.6 Å². The van der Waals surface area contributed by atoms with E-state index in [-0.39, 0.29) is 18.4 Å². The molecule has 152 valence electrons. The van der Waals surface area contributed by atoms with E-state index in [1.165, 1.54) is 0 Å². The van der Waals surface area contributed by atoms with E-state index in [4.69, 9.17) is 4.74 Å². The first-order valence-corrected chi connectivity index (χ1v) is 10.5. The van der Waals surface area contributed by atoms with E-state index in [0.717, 1.165) is 15.6 Å². The van der Waals surface area contributed by atoms with Gasteiger partial charge in [-0.2, -0.15) is 0 Å². The van der Waals surface area contributed by atoms with Gasteiger partial charge in [0.15, 0.2) is 6.61 Å². The largest absolute Gasteiger partial charge is 0.483 e. The molecule has 0 radical (unpaired) electrons. The summed E-state index contributed by atoms with van der Waals surface area (Å²) in [6.07, 6.45) is 0.693. The van der Waals surface area contributed by atoms with Crippen LogP contribution < -0.4 is 10.1 Å². The van der Waals surface area contributed by atoms with Crippen molar-refractivity contribution in [1.29, 1.82) is 0 Å². The number of nitrogens with one attached hydrogen (secondary N) is 1. The minimum absolute atomic E-state index is 0.00938. The van der Waals surface area contributed by atoms with Crippen molar-refractivity contribution < 1.29 is 14.3 Å². The Balaban J connectivity index is 1.41. The Morgan fingerprint density at radius 2 is 1.77 bits per heavy atom. The number of ether oxygens (including phenoxy) is 1. The molecule has 1 aliphatic heterocycles. The van der Waals surface area contributed by atoms with Gasteiger partial charge in [0, 0.05) is 34.4 Å². The van der Waals surface area contributed by atoms with Crippen LogP contribution in [-0.4, -0.2) is 29.9 Å². The highest BCUT2D eigenvalue weighted by Crippen LogP contribution is 2.29. The Morgan fingerprint density at radius 1 is 1.00 bits per heavy atom. The molecular formula is C24H21BrN2O3. The number of hydrogen-bond acceptors (Lipinski definition) is 3. The number of hydrogen-bond donors (Lipinski definition) is 1. The predicted molar refractivity (Wildman–Crippen MR) is 120 cm³/mol. The zero-order chi connectivity index (χ0) is 20.9. The number of amides is 2. The van der Waals surface area contributed by atoms with Crippen molar-refractivity contribution in [3.63, 3.8) is 0 Å². The fourth-order valence-electron chi connectivity index (χ4n) is 3.51. The third-order valence-electron chi connectivity index (χ3n) is 4.99. The minimum Gasteiger partial charge on any atom is -0.483 e. The van der Waals surface area contributed by atoms with Crippen LogP contribution in [-0.2, 0) is 17.8 Å². The maximum Gasteiger partial charge on any atom is 0.262 e. The number of rotatable bonds is 6.